The SMILES string of the molecule is O=C(CS(=O)(=O)c1cc(Cl)c(F)cc1F)c1ccccc1. The van der Waals surface area contributed by atoms with Crippen LogP contribution in [0, 0.1) is 11.6 Å². The molecule has 0 aliphatic carbocycles. The van der Waals surface area contributed by atoms with Crippen molar-refractivity contribution in [1.29, 1.82) is 0 Å². The van der Waals surface area contributed by atoms with Gasteiger partial charge in [-0.1, -0.05) is 41.9 Å². The molecule has 3 nitrogen and oxygen atoms in total. The van der Waals surface area contributed by atoms with Crippen LogP contribution in [0.1, 0.15) is 10.4 Å². The van der Waals surface area contributed by atoms with E-state index in [0.717, 1.165) is 0 Å². The van der Waals surface area contributed by atoms with Crippen LogP contribution in [0.25, 0.3) is 0 Å². The first-order valence-electron chi connectivity index (χ1n) is 5.77. The van der Waals surface area contributed by atoms with Gasteiger partial charge in [0, 0.05) is 11.6 Å². The van der Waals surface area contributed by atoms with Gasteiger partial charge in [-0.25, -0.2) is 17.2 Å². The summed E-state index contributed by atoms with van der Waals surface area (Å²) in [4.78, 5) is 11.1. The lowest BCUT2D eigenvalue weighted by molar-refractivity contribution is 0.102. The zero-order valence-electron chi connectivity index (χ0n) is 10.5. The molecule has 0 saturated heterocycles. The summed E-state index contributed by atoms with van der Waals surface area (Å²) < 4.78 is 50.7. The fourth-order valence-electron chi connectivity index (χ4n) is 1.70. The van der Waals surface area contributed by atoms with Crippen molar-refractivity contribution in [2.75, 3.05) is 5.75 Å². The van der Waals surface area contributed by atoms with Gasteiger partial charge in [-0.05, 0) is 6.07 Å². The summed E-state index contributed by atoms with van der Waals surface area (Å²) in [6, 6.07) is 8.77. The highest BCUT2D eigenvalue weighted by atomic mass is 35.5. The summed E-state index contributed by atoms with van der Waals surface area (Å²) in [6.07, 6.45) is 0. The smallest absolute Gasteiger partial charge is 0.188 e. The molecule has 7 heteroatoms. The molecule has 0 spiro atoms. The minimum Gasteiger partial charge on any atom is -0.293 e. The second-order valence-corrected chi connectivity index (χ2v) is 6.61. The van der Waals surface area contributed by atoms with E-state index in [9.17, 15) is 22.0 Å². The van der Waals surface area contributed by atoms with Gasteiger partial charge in [-0.15, -0.1) is 0 Å². The Morgan fingerprint density at radius 2 is 1.67 bits per heavy atom. The first-order chi connectivity index (χ1) is 9.81. The van der Waals surface area contributed by atoms with Gasteiger partial charge in [0.15, 0.2) is 15.6 Å². The van der Waals surface area contributed by atoms with Crippen molar-refractivity contribution >= 4 is 27.2 Å². The molecule has 2 rings (SSSR count). The fraction of sp³-hybridized carbons (Fsp3) is 0.0714. The normalized spacial score (nSPS) is 11.4. The molecule has 0 aliphatic heterocycles. The van der Waals surface area contributed by atoms with Crippen molar-refractivity contribution in [2.24, 2.45) is 0 Å². The summed E-state index contributed by atoms with van der Waals surface area (Å²) in [6.45, 7) is 0. The zero-order chi connectivity index (χ0) is 15.6. The van der Waals surface area contributed by atoms with Gasteiger partial charge in [0.25, 0.3) is 0 Å². The second-order valence-electron chi connectivity index (χ2n) is 4.25. The number of halogens is 3. The van der Waals surface area contributed by atoms with Crippen LogP contribution in [-0.4, -0.2) is 20.0 Å². The molecule has 0 saturated carbocycles. The molecule has 0 aromatic heterocycles. The van der Waals surface area contributed by atoms with Crippen molar-refractivity contribution in [2.45, 2.75) is 4.90 Å². The number of ketones is 1. The summed E-state index contributed by atoms with van der Waals surface area (Å²) in [5.74, 6) is -3.95. The van der Waals surface area contributed by atoms with Crippen LogP contribution in [0.2, 0.25) is 5.02 Å². The summed E-state index contributed by atoms with van der Waals surface area (Å²) in [7, 11) is -4.25. The Bertz CT molecular complexity index is 789. The van der Waals surface area contributed by atoms with E-state index in [1.807, 2.05) is 0 Å². The predicted octanol–water partition coefficient (Wildman–Crippen LogP) is 3.27. The highest BCUT2D eigenvalue weighted by Crippen LogP contribution is 2.24. The molecule has 0 N–H and O–H groups in total. The Kier molecular flexibility index (Phi) is 4.39. The molecule has 0 unspecified atom stereocenters. The van der Waals surface area contributed by atoms with Crippen LogP contribution in [0.5, 0.6) is 0 Å². The Morgan fingerprint density at radius 1 is 1.05 bits per heavy atom. The molecule has 0 aliphatic rings. The van der Waals surface area contributed by atoms with Crippen molar-refractivity contribution in [1.82, 2.24) is 0 Å². The lowest BCUT2D eigenvalue weighted by atomic mass is 10.2. The van der Waals surface area contributed by atoms with Crippen molar-refractivity contribution in [3.8, 4) is 0 Å². The molecule has 0 bridgehead atoms. The minimum atomic E-state index is -4.25. The first kappa shape index (κ1) is 15.6. The van der Waals surface area contributed by atoms with Crippen molar-refractivity contribution in [3.63, 3.8) is 0 Å². The third-order valence-electron chi connectivity index (χ3n) is 2.73. The van der Waals surface area contributed by atoms with Crippen LogP contribution in [-0.2, 0) is 9.84 Å². The molecule has 2 aromatic rings. The molecule has 21 heavy (non-hydrogen) atoms. The largest absolute Gasteiger partial charge is 0.293 e. The van der Waals surface area contributed by atoms with Crippen LogP contribution in [0.4, 0.5) is 8.78 Å². The lowest BCUT2D eigenvalue weighted by Gasteiger charge is -2.06. The predicted molar refractivity (Wildman–Crippen MR) is 74.2 cm³/mol. The number of sulfone groups is 1. The maximum atomic E-state index is 13.6. The van der Waals surface area contributed by atoms with Gasteiger partial charge in [0.1, 0.15) is 22.3 Å². The van der Waals surface area contributed by atoms with E-state index >= 15 is 0 Å². The van der Waals surface area contributed by atoms with Crippen molar-refractivity contribution < 1.29 is 22.0 Å². The van der Waals surface area contributed by atoms with Gasteiger partial charge in [0.05, 0.1) is 5.02 Å². The topological polar surface area (TPSA) is 51.2 Å². The Balaban J connectivity index is 2.36. The van der Waals surface area contributed by atoms with Crippen molar-refractivity contribution in [3.05, 3.63) is 64.7 Å². The van der Waals surface area contributed by atoms with E-state index in [4.69, 9.17) is 11.6 Å². The number of rotatable bonds is 4. The van der Waals surface area contributed by atoms with Gasteiger partial charge in [-0.2, -0.15) is 0 Å². The molecular formula is C14H9ClF2O3S. The fourth-order valence-corrected chi connectivity index (χ4v) is 3.25. The number of benzene rings is 2. The number of carbonyl (C=O) groups is 1. The first-order valence-corrected chi connectivity index (χ1v) is 7.80. The third kappa shape index (κ3) is 3.46. The van der Waals surface area contributed by atoms with E-state index < -0.39 is 42.9 Å². The summed E-state index contributed by atoms with van der Waals surface area (Å²) in [5, 5.41) is -0.526. The zero-order valence-corrected chi connectivity index (χ0v) is 12.1. The molecule has 0 radical (unpaired) electrons. The molecular weight excluding hydrogens is 322 g/mol. The average Bonchev–Trinajstić information content (AvgIpc) is 2.43. The molecule has 2 aromatic carbocycles. The van der Waals surface area contributed by atoms with Crippen LogP contribution in [0.3, 0.4) is 0 Å². The molecule has 0 fully saturated rings. The maximum absolute atomic E-state index is 13.6. The highest BCUT2D eigenvalue weighted by molar-refractivity contribution is 7.92. The van der Waals surface area contributed by atoms with Gasteiger partial charge in [-0.3, -0.25) is 4.79 Å². The number of Topliss-reactive ketones (excluding diaryl/α,β-unsaturated/α-hetero) is 1. The second kappa shape index (κ2) is 5.91. The molecule has 0 amide bonds. The van der Waals surface area contributed by atoms with Crippen LogP contribution < -0.4 is 0 Å². The molecule has 110 valence electrons. The molecule has 0 atom stereocenters. The van der Waals surface area contributed by atoms with E-state index in [0.29, 0.717) is 12.1 Å². The maximum Gasteiger partial charge on any atom is 0.188 e. The van der Waals surface area contributed by atoms with Gasteiger partial charge >= 0.3 is 0 Å². The number of hydrogen-bond acceptors (Lipinski definition) is 3. The van der Waals surface area contributed by atoms with E-state index in [1.54, 1.807) is 18.2 Å². The van der Waals surface area contributed by atoms with Crippen LogP contribution in [0.15, 0.2) is 47.4 Å². The summed E-state index contributed by atoms with van der Waals surface area (Å²) >= 11 is 5.45. The monoisotopic (exact) mass is 330 g/mol. The summed E-state index contributed by atoms with van der Waals surface area (Å²) in [5.41, 5.74) is 0.190. The van der Waals surface area contributed by atoms with Crippen LogP contribution >= 0.6 is 11.6 Å². The van der Waals surface area contributed by atoms with E-state index in [2.05, 4.69) is 0 Å². The lowest BCUT2D eigenvalue weighted by Crippen LogP contribution is -2.17. The number of carbonyl (C=O) groups excluding carboxylic acids is 1. The standard InChI is InChI=1S/C14H9ClF2O3S/c15-10-6-14(12(17)7-11(10)16)21(19,20)8-13(18)9-4-2-1-3-5-9/h1-7H,8H2. The minimum absolute atomic E-state index is 0.190. The molecule has 0 heterocycles. The Hall–Kier alpha value is -1.79. The van der Waals surface area contributed by atoms with E-state index in [-0.39, 0.29) is 5.56 Å². The highest BCUT2D eigenvalue weighted by Gasteiger charge is 2.25. The third-order valence-corrected chi connectivity index (χ3v) is 4.64. The average molecular weight is 331 g/mol. The Morgan fingerprint density at radius 3 is 2.29 bits per heavy atom. The van der Waals surface area contributed by atoms with Gasteiger partial charge < -0.3 is 0 Å². The quantitative estimate of drug-likeness (QED) is 0.491. The Labute approximate surface area is 125 Å². The number of hydrogen-bond donors (Lipinski definition) is 0. The van der Waals surface area contributed by atoms with E-state index in [1.165, 1.54) is 12.1 Å². The van der Waals surface area contributed by atoms with Gasteiger partial charge in [0.2, 0.25) is 0 Å².